The van der Waals surface area contributed by atoms with Gasteiger partial charge in [-0.3, -0.25) is 4.79 Å². The van der Waals surface area contributed by atoms with Gasteiger partial charge < -0.3 is 10.1 Å². The number of piperidine rings is 1. The van der Waals surface area contributed by atoms with E-state index in [0.717, 1.165) is 13.1 Å². The Balaban J connectivity index is 1.87. The largest absolute Gasteiger partial charge is 0.460 e. The minimum atomic E-state index is -0.332. The molecule has 1 aliphatic heterocycles. The monoisotopic (exact) mass is 183 g/mol. The Labute approximate surface area is 78.8 Å². The first-order valence-corrected chi connectivity index (χ1v) is 4.92. The van der Waals surface area contributed by atoms with Gasteiger partial charge in [0.25, 0.3) is 0 Å². The first kappa shape index (κ1) is 9.00. The van der Waals surface area contributed by atoms with Gasteiger partial charge in [-0.25, -0.2) is 0 Å². The molecule has 0 aromatic heterocycles. The standard InChI is InChI=1S/C10H17NO2/c1-10(2,3)13-9(12)8-6-4-11-5-7(6)8/h6-8,11H,4-5H2,1-3H3/t6-,7?,8?/m1/s1. The Morgan fingerprint density at radius 3 is 2.31 bits per heavy atom. The van der Waals surface area contributed by atoms with Crippen molar-refractivity contribution in [1.82, 2.24) is 5.32 Å². The van der Waals surface area contributed by atoms with Crippen molar-refractivity contribution in [1.29, 1.82) is 0 Å². The van der Waals surface area contributed by atoms with Gasteiger partial charge in [0.15, 0.2) is 0 Å². The van der Waals surface area contributed by atoms with Gasteiger partial charge in [0, 0.05) is 0 Å². The molecule has 0 bridgehead atoms. The molecule has 74 valence electrons. The second kappa shape index (κ2) is 2.71. The highest BCUT2D eigenvalue weighted by Gasteiger charge is 2.58. The van der Waals surface area contributed by atoms with Crippen LogP contribution in [0.5, 0.6) is 0 Å². The quantitative estimate of drug-likeness (QED) is 0.611. The summed E-state index contributed by atoms with van der Waals surface area (Å²) < 4.78 is 5.33. The molecule has 0 aromatic rings. The van der Waals surface area contributed by atoms with Crippen LogP contribution in [-0.4, -0.2) is 24.7 Å². The minimum absolute atomic E-state index is 0.00370. The fourth-order valence-electron chi connectivity index (χ4n) is 2.14. The molecule has 2 fully saturated rings. The summed E-state index contributed by atoms with van der Waals surface area (Å²) in [6, 6.07) is 0. The first-order chi connectivity index (χ1) is 5.99. The second-order valence-electron chi connectivity index (χ2n) is 5.05. The summed E-state index contributed by atoms with van der Waals surface area (Å²) in [6.07, 6.45) is 0. The van der Waals surface area contributed by atoms with Crippen LogP contribution in [0.15, 0.2) is 0 Å². The van der Waals surface area contributed by atoms with Crippen molar-refractivity contribution in [3.8, 4) is 0 Å². The average molecular weight is 183 g/mol. The maximum Gasteiger partial charge on any atom is 0.310 e. The van der Waals surface area contributed by atoms with Gasteiger partial charge in [0.2, 0.25) is 0 Å². The van der Waals surface area contributed by atoms with Crippen LogP contribution in [0.1, 0.15) is 20.8 Å². The highest BCUT2D eigenvalue weighted by atomic mass is 16.6. The lowest BCUT2D eigenvalue weighted by molar-refractivity contribution is -0.157. The van der Waals surface area contributed by atoms with Crippen LogP contribution < -0.4 is 5.32 Å². The van der Waals surface area contributed by atoms with E-state index < -0.39 is 0 Å². The molecule has 0 amide bonds. The van der Waals surface area contributed by atoms with E-state index in [1.807, 2.05) is 20.8 Å². The maximum absolute atomic E-state index is 11.6. The number of rotatable bonds is 1. The van der Waals surface area contributed by atoms with Crippen molar-refractivity contribution in [3.05, 3.63) is 0 Å². The smallest absolute Gasteiger partial charge is 0.310 e. The summed E-state index contributed by atoms with van der Waals surface area (Å²) in [7, 11) is 0. The van der Waals surface area contributed by atoms with Gasteiger partial charge >= 0.3 is 5.97 Å². The fraction of sp³-hybridized carbons (Fsp3) is 0.900. The normalized spacial score (nSPS) is 37.0. The lowest BCUT2D eigenvalue weighted by atomic mass is 10.2. The molecule has 2 aliphatic rings. The summed E-state index contributed by atoms with van der Waals surface area (Å²) in [4.78, 5) is 11.6. The summed E-state index contributed by atoms with van der Waals surface area (Å²) in [5.41, 5.74) is -0.332. The Morgan fingerprint density at radius 1 is 1.31 bits per heavy atom. The van der Waals surface area contributed by atoms with Crippen molar-refractivity contribution < 1.29 is 9.53 Å². The van der Waals surface area contributed by atoms with Crippen LogP contribution in [0.4, 0.5) is 0 Å². The number of fused-ring (bicyclic) bond motifs is 1. The molecule has 1 aliphatic carbocycles. The third kappa shape index (κ3) is 1.70. The van der Waals surface area contributed by atoms with Crippen LogP contribution in [0.3, 0.4) is 0 Å². The molecule has 0 radical (unpaired) electrons. The number of ether oxygens (including phenoxy) is 1. The lowest BCUT2D eigenvalue weighted by Crippen LogP contribution is -2.28. The molecular formula is C10H17NO2. The van der Waals surface area contributed by atoms with Crippen molar-refractivity contribution in [2.45, 2.75) is 26.4 Å². The molecule has 3 atom stereocenters. The molecule has 3 nitrogen and oxygen atoms in total. The molecule has 1 saturated heterocycles. The average Bonchev–Trinajstić information content (AvgIpc) is 2.44. The SMILES string of the molecule is CC(C)(C)OC(=O)C1C2CNC[C@H]21. The van der Waals surface area contributed by atoms with Crippen LogP contribution in [0.2, 0.25) is 0 Å². The van der Waals surface area contributed by atoms with Crippen molar-refractivity contribution >= 4 is 5.97 Å². The van der Waals surface area contributed by atoms with E-state index in [9.17, 15) is 4.79 Å². The fourth-order valence-corrected chi connectivity index (χ4v) is 2.14. The Hall–Kier alpha value is -0.570. The van der Waals surface area contributed by atoms with Gasteiger partial charge in [0.05, 0.1) is 5.92 Å². The Bertz CT molecular complexity index is 222. The topological polar surface area (TPSA) is 38.3 Å². The second-order valence-corrected chi connectivity index (χ2v) is 5.05. The summed E-state index contributed by atoms with van der Waals surface area (Å²) >= 11 is 0. The van der Waals surface area contributed by atoms with Gasteiger partial charge in [-0.15, -0.1) is 0 Å². The zero-order valence-electron chi connectivity index (χ0n) is 8.46. The summed E-state index contributed by atoms with van der Waals surface area (Å²) in [5, 5.41) is 3.26. The minimum Gasteiger partial charge on any atom is -0.460 e. The zero-order chi connectivity index (χ0) is 9.64. The molecule has 2 unspecified atom stereocenters. The van der Waals surface area contributed by atoms with E-state index in [0.29, 0.717) is 11.8 Å². The van der Waals surface area contributed by atoms with Gasteiger partial charge in [-0.1, -0.05) is 0 Å². The molecule has 1 N–H and O–H groups in total. The molecule has 0 spiro atoms. The number of esters is 1. The molecule has 1 saturated carbocycles. The van der Waals surface area contributed by atoms with Crippen molar-refractivity contribution in [2.24, 2.45) is 17.8 Å². The van der Waals surface area contributed by atoms with E-state index in [1.165, 1.54) is 0 Å². The summed E-state index contributed by atoms with van der Waals surface area (Å²) in [6.45, 7) is 7.74. The first-order valence-electron chi connectivity index (χ1n) is 4.92. The lowest BCUT2D eigenvalue weighted by Gasteiger charge is -2.20. The number of hydrogen-bond donors (Lipinski definition) is 1. The molecule has 13 heavy (non-hydrogen) atoms. The van der Waals surface area contributed by atoms with E-state index in [-0.39, 0.29) is 17.5 Å². The van der Waals surface area contributed by atoms with Gasteiger partial charge in [-0.2, -0.15) is 0 Å². The molecule has 3 heteroatoms. The van der Waals surface area contributed by atoms with E-state index in [1.54, 1.807) is 0 Å². The van der Waals surface area contributed by atoms with Crippen molar-refractivity contribution in [2.75, 3.05) is 13.1 Å². The molecule has 1 heterocycles. The van der Waals surface area contributed by atoms with Crippen LogP contribution in [0, 0.1) is 17.8 Å². The van der Waals surface area contributed by atoms with Gasteiger partial charge in [0.1, 0.15) is 5.60 Å². The number of carbonyl (C=O) groups excluding carboxylic acids is 1. The number of carbonyl (C=O) groups is 1. The van der Waals surface area contributed by atoms with Crippen LogP contribution >= 0.6 is 0 Å². The predicted octanol–water partition coefficient (Wildman–Crippen LogP) is 0.793. The Morgan fingerprint density at radius 2 is 1.85 bits per heavy atom. The van der Waals surface area contributed by atoms with Crippen LogP contribution in [0.25, 0.3) is 0 Å². The zero-order valence-corrected chi connectivity index (χ0v) is 8.46. The van der Waals surface area contributed by atoms with E-state index >= 15 is 0 Å². The van der Waals surface area contributed by atoms with Gasteiger partial charge in [-0.05, 0) is 45.7 Å². The third-order valence-electron chi connectivity index (χ3n) is 2.77. The molecule has 0 aromatic carbocycles. The number of hydrogen-bond acceptors (Lipinski definition) is 3. The summed E-state index contributed by atoms with van der Waals surface area (Å²) in [5.74, 6) is 1.33. The van der Waals surface area contributed by atoms with Crippen molar-refractivity contribution in [3.63, 3.8) is 0 Å². The molecular weight excluding hydrogens is 166 g/mol. The predicted molar refractivity (Wildman–Crippen MR) is 49.2 cm³/mol. The molecule has 2 rings (SSSR count). The maximum atomic E-state index is 11.6. The van der Waals surface area contributed by atoms with E-state index in [2.05, 4.69) is 5.32 Å². The van der Waals surface area contributed by atoms with E-state index in [4.69, 9.17) is 4.74 Å². The number of nitrogens with one attached hydrogen (secondary N) is 1. The highest BCUT2D eigenvalue weighted by Crippen LogP contribution is 2.49. The van der Waals surface area contributed by atoms with Crippen LogP contribution in [-0.2, 0) is 9.53 Å². The highest BCUT2D eigenvalue weighted by molar-refractivity contribution is 5.77. The third-order valence-corrected chi connectivity index (χ3v) is 2.77. The Kier molecular flexibility index (Phi) is 1.88.